The molecule has 0 bridgehead atoms. The summed E-state index contributed by atoms with van der Waals surface area (Å²) in [5, 5.41) is 11.1. The topological polar surface area (TPSA) is 127 Å². The zero-order valence-corrected chi connectivity index (χ0v) is 19.5. The third-order valence-corrected chi connectivity index (χ3v) is 7.27. The second-order valence-corrected chi connectivity index (χ2v) is 10.6. The van der Waals surface area contributed by atoms with Crippen molar-refractivity contribution in [3.8, 4) is 22.6 Å². The Morgan fingerprint density at radius 2 is 1.88 bits per heavy atom. The molecule has 174 valence electrons. The molecule has 2 unspecified atom stereocenters. The molecule has 0 saturated heterocycles. The second-order valence-electron chi connectivity index (χ2n) is 8.21. The number of hydrogen-bond donors (Lipinski definition) is 2. The summed E-state index contributed by atoms with van der Waals surface area (Å²) >= 11 is 6.05. The van der Waals surface area contributed by atoms with Gasteiger partial charge in [-0.2, -0.15) is 0 Å². The van der Waals surface area contributed by atoms with Gasteiger partial charge in [0.05, 0.1) is 10.9 Å². The van der Waals surface area contributed by atoms with E-state index in [4.69, 9.17) is 26.7 Å². The number of nitrogens with zero attached hydrogens (tertiary/aromatic N) is 2. The van der Waals surface area contributed by atoms with E-state index in [2.05, 4.69) is 0 Å². The molecule has 1 fully saturated rings. The Morgan fingerprint density at radius 3 is 2.55 bits per heavy atom. The predicted molar refractivity (Wildman–Crippen MR) is 124 cm³/mol. The van der Waals surface area contributed by atoms with Gasteiger partial charge in [0.2, 0.25) is 0 Å². The van der Waals surface area contributed by atoms with Crippen LogP contribution in [0, 0.1) is 0 Å². The fourth-order valence-corrected chi connectivity index (χ4v) is 5.28. The highest BCUT2D eigenvalue weighted by Crippen LogP contribution is 2.41. The second kappa shape index (κ2) is 9.17. The molecule has 1 heterocycles. The number of halogens is 1. The minimum absolute atomic E-state index is 0.139. The van der Waals surface area contributed by atoms with Crippen LogP contribution in [0.15, 0.2) is 57.8 Å². The van der Waals surface area contributed by atoms with Crippen molar-refractivity contribution in [3.05, 3.63) is 59.4 Å². The molecule has 10 heteroatoms. The van der Waals surface area contributed by atoms with Crippen LogP contribution in [-0.4, -0.2) is 42.0 Å². The number of aromatic nitrogens is 1. The first-order chi connectivity index (χ1) is 15.6. The zero-order chi connectivity index (χ0) is 23.8. The van der Waals surface area contributed by atoms with Crippen molar-refractivity contribution in [2.75, 3.05) is 6.26 Å². The number of hydroxylamine groups is 2. The number of carbonyl (C=O) groups is 1. The fraction of sp³-hybridized carbons (Fsp3) is 0.304. The number of oxazole rings is 1. The molecule has 8 nitrogen and oxygen atoms in total. The van der Waals surface area contributed by atoms with E-state index < -0.39 is 21.9 Å². The number of nitrogens with two attached hydrogens (primary N) is 1. The first-order valence-electron chi connectivity index (χ1n) is 10.5. The van der Waals surface area contributed by atoms with E-state index >= 15 is 0 Å². The van der Waals surface area contributed by atoms with Crippen molar-refractivity contribution in [1.29, 1.82) is 0 Å². The molecule has 1 aliphatic rings. The maximum absolute atomic E-state index is 12.5. The fourth-order valence-electron chi connectivity index (χ4n) is 4.27. The standard InChI is InChI=1S/C23H24ClN3O5S/c1-33(30,31)19-8-3-2-7-18(19)21-20(14-9-11-16(24)12-10-14)26-22(32-21)15-5-4-6-17(13-15)27(29)23(25)28/h2-3,7-12,15,17,29H,4-6,13H2,1H3,(H2,25,28). The van der Waals surface area contributed by atoms with Gasteiger partial charge in [-0.3, -0.25) is 5.21 Å². The van der Waals surface area contributed by atoms with Crippen LogP contribution in [0.25, 0.3) is 22.6 Å². The van der Waals surface area contributed by atoms with Crippen LogP contribution in [0.5, 0.6) is 0 Å². The normalized spacial score (nSPS) is 18.8. The maximum Gasteiger partial charge on any atom is 0.338 e. The average molecular weight is 490 g/mol. The number of primary amides is 1. The zero-order valence-electron chi connectivity index (χ0n) is 17.9. The van der Waals surface area contributed by atoms with Gasteiger partial charge in [-0.1, -0.05) is 42.3 Å². The first kappa shape index (κ1) is 23.3. The molecule has 0 radical (unpaired) electrons. The summed E-state index contributed by atoms with van der Waals surface area (Å²) in [7, 11) is -3.53. The minimum atomic E-state index is -3.53. The van der Waals surface area contributed by atoms with E-state index in [9.17, 15) is 18.4 Å². The van der Waals surface area contributed by atoms with Crippen molar-refractivity contribution in [1.82, 2.24) is 10.0 Å². The Bertz CT molecular complexity index is 1270. The molecule has 33 heavy (non-hydrogen) atoms. The Kier molecular flexibility index (Phi) is 6.47. The Morgan fingerprint density at radius 1 is 1.18 bits per heavy atom. The van der Waals surface area contributed by atoms with Crippen LogP contribution in [0.4, 0.5) is 4.79 Å². The van der Waals surface area contributed by atoms with Gasteiger partial charge in [0, 0.05) is 28.3 Å². The number of rotatable bonds is 5. The van der Waals surface area contributed by atoms with E-state index in [1.165, 1.54) is 6.07 Å². The highest BCUT2D eigenvalue weighted by Gasteiger charge is 2.33. The molecule has 1 saturated carbocycles. The summed E-state index contributed by atoms with van der Waals surface area (Å²) in [5.74, 6) is 0.579. The Balaban J connectivity index is 1.82. The first-order valence-corrected chi connectivity index (χ1v) is 12.8. The summed E-state index contributed by atoms with van der Waals surface area (Å²) in [5.41, 5.74) is 6.86. The van der Waals surface area contributed by atoms with Gasteiger partial charge in [-0.05, 0) is 43.5 Å². The molecule has 2 atom stereocenters. The molecule has 1 aliphatic carbocycles. The highest BCUT2D eigenvalue weighted by molar-refractivity contribution is 7.90. The van der Waals surface area contributed by atoms with Crippen LogP contribution < -0.4 is 5.73 Å². The summed E-state index contributed by atoms with van der Waals surface area (Å²) in [6.07, 6.45) is 3.68. The molecule has 2 amide bonds. The van der Waals surface area contributed by atoms with Gasteiger partial charge < -0.3 is 10.2 Å². The predicted octanol–water partition coefficient (Wildman–Crippen LogP) is 4.86. The minimum Gasteiger partial charge on any atom is -0.440 e. The van der Waals surface area contributed by atoms with E-state index in [1.54, 1.807) is 42.5 Å². The third-order valence-electron chi connectivity index (χ3n) is 5.86. The van der Waals surface area contributed by atoms with Crippen LogP contribution in [0.1, 0.15) is 37.5 Å². The summed E-state index contributed by atoms with van der Waals surface area (Å²) in [6.45, 7) is 0. The van der Waals surface area contributed by atoms with Gasteiger partial charge in [0.1, 0.15) is 5.69 Å². The lowest BCUT2D eigenvalue weighted by Gasteiger charge is -2.31. The SMILES string of the molecule is CS(=O)(=O)c1ccccc1-c1oc(C2CCCC(N(O)C(N)=O)C2)nc1-c1ccc(Cl)cc1. The summed E-state index contributed by atoms with van der Waals surface area (Å²) in [4.78, 5) is 16.3. The Labute approximate surface area is 196 Å². The molecule has 3 aromatic rings. The van der Waals surface area contributed by atoms with Crippen molar-refractivity contribution >= 4 is 27.5 Å². The lowest BCUT2D eigenvalue weighted by atomic mass is 9.85. The Hall–Kier alpha value is -2.88. The van der Waals surface area contributed by atoms with E-state index in [0.29, 0.717) is 45.8 Å². The smallest absolute Gasteiger partial charge is 0.338 e. The number of benzene rings is 2. The van der Waals surface area contributed by atoms with E-state index in [0.717, 1.165) is 24.7 Å². The third kappa shape index (κ3) is 4.90. The maximum atomic E-state index is 12.5. The monoisotopic (exact) mass is 489 g/mol. The van der Waals surface area contributed by atoms with Crippen LogP contribution in [-0.2, 0) is 9.84 Å². The van der Waals surface area contributed by atoms with Crippen molar-refractivity contribution in [2.45, 2.75) is 42.5 Å². The molecule has 4 rings (SSSR count). The molecule has 2 aromatic carbocycles. The van der Waals surface area contributed by atoms with E-state index in [1.807, 2.05) is 0 Å². The molecule has 0 aliphatic heterocycles. The summed E-state index contributed by atoms with van der Waals surface area (Å²) < 4.78 is 31.1. The van der Waals surface area contributed by atoms with Crippen molar-refractivity contribution in [2.24, 2.45) is 5.73 Å². The lowest BCUT2D eigenvalue weighted by molar-refractivity contribution is -0.0865. The van der Waals surface area contributed by atoms with Crippen LogP contribution >= 0.6 is 11.6 Å². The van der Waals surface area contributed by atoms with E-state index in [-0.39, 0.29) is 10.8 Å². The molecule has 1 aromatic heterocycles. The van der Waals surface area contributed by atoms with Gasteiger partial charge in [-0.15, -0.1) is 0 Å². The van der Waals surface area contributed by atoms with Crippen molar-refractivity contribution < 1.29 is 22.8 Å². The number of carbonyl (C=O) groups excluding carboxylic acids is 1. The van der Waals surface area contributed by atoms with Gasteiger partial charge in [0.15, 0.2) is 21.5 Å². The quantitative estimate of drug-likeness (QED) is 0.389. The van der Waals surface area contributed by atoms with Crippen molar-refractivity contribution in [3.63, 3.8) is 0 Å². The van der Waals surface area contributed by atoms with Gasteiger partial charge in [0.25, 0.3) is 0 Å². The van der Waals surface area contributed by atoms with Crippen LogP contribution in [0.2, 0.25) is 5.02 Å². The largest absolute Gasteiger partial charge is 0.440 e. The van der Waals surface area contributed by atoms with Gasteiger partial charge in [-0.25, -0.2) is 23.3 Å². The number of urea groups is 1. The lowest BCUT2D eigenvalue weighted by Crippen LogP contribution is -2.43. The van der Waals surface area contributed by atoms with Gasteiger partial charge >= 0.3 is 6.03 Å². The summed E-state index contributed by atoms with van der Waals surface area (Å²) in [6, 6.07) is 12.3. The number of hydrogen-bond acceptors (Lipinski definition) is 6. The average Bonchev–Trinajstić information content (AvgIpc) is 3.24. The highest BCUT2D eigenvalue weighted by atomic mass is 35.5. The molecular weight excluding hydrogens is 466 g/mol. The molecule has 3 N–H and O–H groups in total. The number of sulfone groups is 1. The van der Waals surface area contributed by atoms with Crippen LogP contribution in [0.3, 0.4) is 0 Å². The molecular formula is C23H24ClN3O5S. The number of amides is 2. The molecule has 0 spiro atoms.